The van der Waals surface area contributed by atoms with Gasteiger partial charge in [0, 0.05) is 12.6 Å². The predicted octanol–water partition coefficient (Wildman–Crippen LogP) is 1.76. The minimum atomic E-state index is -0.0784. The number of piperidine rings is 1. The molecular weight excluding hydrogens is 238 g/mol. The Morgan fingerprint density at radius 2 is 2.16 bits per heavy atom. The molecule has 1 aliphatic heterocycles. The van der Waals surface area contributed by atoms with E-state index >= 15 is 0 Å². The first-order valence-electron chi connectivity index (χ1n) is 7.90. The summed E-state index contributed by atoms with van der Waals surface area (Å²) in [4.78, 5) is 14.2. The van der Waals surface area contributed by atoms with E-state index in [2.05, 4.69) is 29.4 Å². The quantitative estimate of drug-likeness (QED) is 0.660. The number of likely N-dealkylation sites (tertiary alicyclic amines) is 1. The first kappa shape index (κ1) is 16.4. The van der Waals surface area contributed by atoms with Crippen LogP contribution in [-0.4, -0.2) is 49.1 Å². The third-order valence-electron chi connectivity index (χ3n) is 3.96. The van der Waals surface area contributed by atoms with Gasteiger partial charge in [-0.2, -0.15) is 0 Å². The van der Waals surface area contributed by atoms with Crippen LogP contribution >= 0.6 is 0 Å². The lowest BCUT2D eigenvalue weighted by molar-refractivity contribution is -0.122. The molecule has 1 saturated heterocycles. The molecule has 112 valence electrons. The Labute approximate surface area is 118 Å². The Kier molecular flexibility index (Phi) is 8.07. The van der Waals surface area contributed by atoms with Gasteiger partial charge in [-0.05, 0) is 59.2 Å². The average molecular weight is 269 g/mol. The van der Waals surface area contributed by atoms with Gasteiger partial charge in [0.05, 0.1) is 6.04 Å². The second-order valence-corrected chi connectivity index (χ2v) is 5.70. The van der Waals surface area contributed by atoms with E-state index in [1.165, 1.54) is 25.8 Å². The fraction of sp³-hybridized carbons (Fsp3) is 0.933. The first-order valence-corrected chi connectivity index (χ1v) is 7.90. The molecule has 1 amide bonds. The molecule has 1 heterocycles. The summed E-state index contributed by atoms with van der Waals surface area (Å²) in [7, 11) is 0. The molecule has 4 heteroatoms. The van der Waals surface area contributed by atoms with Crippen molar-refractivity contribution in [3.63, 3.8) is 0 Å². The third-order valence-corrected chi connectivity index (χ3v) is 3.96. The van der Waals surface area contributed by atoms with Crippen LogP contribution in [0.5, 0.6) is 0 Å². The van der Waals surface area contributed by atoms with Crippen LogP contribution in [0.1, 0.15) is 52.9 Å². The lowest BCUT2D eigenvalue weighted by Gasteiger charge is -2.33. The molecule has 1 rings (SSSR count). The molecule has 1 fully saturated rings. The van der Waals surface area contributed by atoms with Crippen LogP contribution in [0.25, 0.3) is 0 Å². The molecule has 0 aromatic heterocycles. The van der Waals surface area contributed by atoms with Gasteiger partial charge >= 0.3 is 0 Å². The van der Waals surface area contributed by atoms with Crippen molar-refractivity contribution in [2.75, 3.05) is 26.2 Å². The van der Waals surface area contributed by atoms with Crippen LogP contribution in [0.3, 0.4) is 0 Å². The van der Waals surface area contributed by atoms with Crippen LogP contribution in [-0.2, 0) is 4.79 Å². The zero-order valence-corrected chi connectivity index (χ0v) is 12.9. The van der Waals surface area contributed by atoms with Gasteiger partial charge in [-0.1, -0.05) is 13.3 Å². The van der Waals surface area contributed by atoms with Gasteiger partial charge < -0.3 is 15.5 Å². The van der Waals surface area contributed by atoms with Crippen LogP contribution in [0, 0.1) is 0 Å². The molecule has 0 aliphatic carbocycles. The fourth-order valence-corrected chi connectivity index (χ4v) is 2.58. The summed E-state index contributed by atoms with van der Waals surface area (Å²) in [6.07, 6.45) is 6.17. The Balaban J connectivity index is 2.07. The van der Waals surface area contributed by atoms with Crippen molar-refractivity contribution in [3.8, 4) is 0 Å². The second kappa shape index (κ2) is 9.32. The molecule has 2 unspecified atom stereocenters. The van der Waals surface area contributed by atoms with E-state index in [1.807, 2.05) is 6.92 Å². The standard InChI is InChI=1S/C15H31N3O/c1-4-9-17-15(19)14(3)16-10-7-12-18-11-6-5-8-13(18)2/h13-14,16H,4-12H2,1-3H3,(H,17,19). The van der Waals surface area contributed by atoms with Gasteiger partial charge in [-0.3, -0.25) is 4.79 Å². The molecule has 0 radical (unpaired) electrons. The number of carbonyl (C=O) groups is 1. The van der Waals surface area contributed by atoms with Crippen LogP contribution in [0.15, 0.2) is 0 Å². The van der Waals surface area contributed by atoms with Gasteiger partial charge in [0.2, 0.25) is 5.91 Å². The molecule has 0 bridgehead atoms. The van der Waals surface area contributed by atoms with E-state index in [1.54, 1.807) is 0 Å². The monoisotopic (exact) mass is 269 g/mol. The summed E-state index contributed by atoms with van der Waals surface area (Å²) in [5, 5.41) is 6.22. The van der Waals surface area contributed by atoms with Crippen molar-refractivity contribution in [1.82, 2.24) is 15.5 Å². The Bertz CT molecular complexity index is 258. The number of nitrogens with zero attached hydrogens (tertiary/aromatic N) is 1. The number of hydrogen-bond acceptors (Lipinski definition) is 3. The smallest absolute Gasteiger partial charge is 0.236 e. The number of amides is 1. The molecule has 2 atom stereocenters. The maximum atomic E-state index is 11.7. The predicted molar refractivity (Wildman–Crippen MR) is 80.3 cm³/mol. The summed E-state index contributed by atoms with van der Waals surface area (Å²) in [5.74, 6) is 0.119. The second-order valence-electron chi connectivity index (χ2n) is 5.70. The topological polar surface area (TPSA) is 44.4 Å². The zero-order chi connectivity index (χ0) is 14.1. The maximum Gasteiger partial charge on any atom is 0.236 e. The summed E-state index contributed by atoms with van der Waals surface area (Å²) in [6, 6.07) is 0.657. The number of carbonyl (C=O) groups excluding carboxylic acids is 1. The van der Waals surface area contributed by atoms with Crippen molar-refractivity contribution in [3.05, 3.63) is 0 Å². The molecule has 2 N–H and O–H groups in total. The van der Waals surface area contributed by atoms with Gasteiger partial charge in [0.1, 0.15) is 0 Å². The highest BCUT2D eigenvalue weighted by Crippen LogP contribution is 2.15. The van der Waals surface area contributed by atoms with Gasteiger partial charge in [-0.15, -0.1) is 0 Å². The molecule has 19 heavy (non-hydrogen) atoms. The lowest BCUT2D eigenvalue weighted by atomic mass is 10.0. The van der Waals surface area contributed by atoms with Gasteiger partial charge in [-0.25, -0.2) is 0 Å². The average Bonchev–Trinajstić information content (AvgIpc) is 2.42. The SMILES string of the molecule is CCCNC(=O)C(C)NCCCN1CCCCC1C. The molecular formula is C15H31N3O. The van der Waals surface area contributed by atoms with Crippen molar-refractivity contribution >= 4 is 5.91 Å². The molecule has 1 aliphatic rings. The normalized spacial score (nSPS) is 22.2. The van der Waals surface area contributed by atoms with E-state index in [0.717, 1.165) is 38.5 Å². The van der Waals surface area contributed by atoms with Crippen LogP contribution < -0.4 is 10.6 Å². The Morgan fingerprint density at radius 3 is 2.84 bits per heavy atom. The van der Waals surface area contributed by atoms with E-state index in [0.29, 0.717) is 0 Å². The lowest BCUT2D eigenvalue weighted by Crippen LogP contribution is -2.44. The molecule has 0 saturated carbocycles. The molecule has 4 nitrogen and oxygen atoms in total. The largest absolute Gasteiger partial charge is 0.355 e. The highest BCUT2D eigenvalue weighted by Gasteiger charge is 2.17. The Morgan fingerprint density at radius 1 is 1.37 bits per heavy atom. The maximum absolute atomic E-state index is 11.7. The molecule has 0 spiro atoms. The van der Waals surface area contributed by atoms with E-state index in [9.17, 15) is 4.79 Å². The highest BCUT2D eigenvalue weighted by atomic mass is 16.2. The van der Waals surface area contributed by atoms with Gasteiger partial charge in [0.25, 0.3) is 0 Å². The number of hydrogen-bond donors (Lipinski definition) is 2. The third kappa shape index (κ3) is 6.39. The molecule has 0 aromatic carbocycles. The van der Waals surface area contributed by atoms with E-state index in [-0.39, 0.29) is 11.9 Å². The summed E-state index contributed by atoms with van der Waals surface area (Å²) >= 11 is 0. The van der Waals surface area contributed by atoms with E-state index < -0.39 is 0 Å². The van der Waals surface area contributed by atoms with Crippen LogP contribution in [0.2, 0.25) is 0 Å². The molecule has 0 aromatic rings. The van der Waals surface area contributed by atoms with Gasteiger partial charge in [0.15, 0.2) is 0 Å². The first-order chi connectivity index (χ1) is 9.15. The summed E-state index contributed by atoms with van der Waals surface area (Å²) in [6.45, 7) is 10.4. The van der Waals surface area contributed by atoms with Crippen molar-refractivity contribution in [1.29, 1.82) is 0 Å². The minimum Gasteiger partial charge on any atom is -0.355 e. The van der Waals surface area contributed by atoms with E-state index in [4.69, 9.17) is 0 Å². The number of rotatable bonds is 8. The number of nitrogens with one attached hydrogen (secondary N) is 2. The minimum absolute atomic E-state index is 0.0784. The summed E-state index contributed by atoms with van der Waals surface area (Å²) in [5.41, 5.74) is 0. The van der Waals surface area contributed by atoms with Crippen molar-refractivity contribution in [2.45, 2.75) is 65.0 Å². The summed E-state index contributed by atoms with van der Waals surface area (Å²) < 4.78 is 0. The van der Waals surface area contributed by atoms with Crippen molar-refractivity contribution < 1.29 is 4.79 Å². The van der Waals surface area contributed by atoms with Crippen molar-refractivity contribution in [2.24, 2.45) is 0 Å². The fourth-order valence-electron chi connectivity index (χ4n) is 2.58. The van der Waals surface area contributed by atoms with Crippen LogP contribution in [0.4, 0.5) is 0 Å². The highest BCUT2D eigenvalue weighted by molar-refractivity contribution is 5.81. The zero-order valence-electron chi connectivity index (χ0n) is 12.9. The Hall–Kier alpha value is -0.610.